The van der Waals surface area contributed by atoms with Crippen LogP contribution in [0, 0.1) is 25.2 Å². The number of piperidine rings is 1. The SMILES string of the molecule is Cc1cc2c(cc1C)C(C(=O)N1CCC(n3cnc(C#N)n3)CC1)CO2. The van der Waals surface area contributed by atoms with Crippen molar-refractivity contribution in [2.75, 3.05) is 19.7 Å². The fourth-order valence-corrected chi connectivity index (χ4v) is 3.75. The normalized spacial score (nSPS) is 19.7. The Hall–Kier alpha value is -2.88. The summed E-state index contributed by atoms with van der Waals surface area (Å²) in [5, 5.41) is 13.0. The number of likely N-dealkylation sites (tertiary alicyclic amines) is 1. The molecule has 134 valence electrons. The molecule has 4 rings (SSSR count). The number of fused-ring (bicyclic) bond motifs is 1. The quantitative estimate of drug-likeness (QED) is 0.827. The van der Waals surface area contributed by atoms with Gasteiger partial charge in [-0.05, 0) is 43.9 Å². The van der Waals surface area contributed by atoms with E-state index in [1.54, 1.807) is 11.0 Å². The molecule has 2 aromatic rings. The van der Waals surface area contributed by atoms with Crippen LogP contribution in [0.2, 0.25) is 0 Å². The average molecular weight is 351 g/mol. The molecular weight excluding hydrogens is 330 g/mol. The van der Waals surface area contributed by atoms with E-state index in [2.05, 4.69) is 30.0 Å². The molecule has 1 aromatic carbocycles. The molecule has 7 heteroatoms. The number of hydrogen-bond donors (Lipinski definition) is 0. The summed E-state index contributed by atoms with van der Waals surface area (Å²) in [5.41, 5.74) is 3.38. The Morgan fingerprint density at radius 2 is 2.00 bits per heavy atom. The van der Waals surface area contributed by atoms with E-state index in [9.17, 15) is 4.79 Å². The van der Waals surface area contributed by atoms with Crippen molar-refractivity contribution < 1.29 is 9.53 Å². The van der Waals surface area contributed by atoms with Crippen molar-refractivity contribution in [3.05, 3.63) is 41.0 Å². The highest BCUT2D eigenvalue weighted by Gasteiger charge is 2.35. The summed E-state index contributed by atoms with van der Waals surface area (Å²) in [6.45, 7) is 5.91. The van der Waals surface area contributed by atoms with Crippen molar-refractivity contribution in [2.45, 2.75) is 38.6 Å². The van der Waals surface area contributed by atoms with Crippen LogP contribution in [0.15, 0.2) is 18.5 Å². The van der Waals surface area contributed by atoms with Gasteiger partial charge >= 0.3 is 0 Å². The Morgan fingerprint density at radius 3 is 2.69 bits per heavy atom. The van der Waals surface area contributed by atoms with Crippen molar-refractivity contribution in [3.63, 3.8) is 0 Å². The maximum Gasteiger partial charge on any atom is 0.252 e. The first kappa shape index (κ1) is 16.6. The topological polar surface area (TPSA) is 84.0 Å². The summed E-state index contributed by atoms with van der Waals surface area (Å²) in [7, 11) is 0. The predicted molar refractivity (Wildman–Crippen MR) is 93.7 cm³/mol. The molecule has 0 N–H and O–H groups in total. The number of carbonyl (C=O) groups excluding carboxylic acids is 1. The average Bonchev–Trinajstić information content (AvgIpc) is 3.29. The second-order valence-electron chi connectivity index (χ2n) is 7.05. The van der Waals surface area contributed by atoms with Crippen molar-refractivity contribution in [2.24, 2.45) is 0 Å². The molecule has 7 nitrogen and oxygen atoms in total. The number of amides is 1. The lowest BCUT2D eigenvalue weighted by Crippen LogP contribution is -2.42. The monoisotopic (exact) mass is 351 g/mol. The van der Waals surface area contributed by atoms with Gasteiger partial charge in [-0.25, -0.2) is 9.67 Å². The number of rotatable bonds is 2. The van der Waals surface area contributed by atoms with Gasteiger partial charge in [-0.15, -0.1) is 5.10 Å². The van der Waals surface area contributed by atoms with Crippen LogP contribution < -0.4 is 4.74 Å². The van der Waals surface area contributed by atoms with Crippen LogP contribution in [-0.4, -0.2) is 45.3 Å². The van der Waals surface area contributed by atoms with Crippen LogP contribution in [-0.2, 0) is 4.79 Å². The van der Waals surface area contributed by atoms with Crippen molar-refractivity contribution in [3.8, 4) is 11.8 Å². The smallest absolute Gasteiger partial charge is 0.252 e. The van der Waals surface area contributed by atoms with Gasteiger partial charge in [0.1, 0.15) is 30.7 Å². The fourth-order valence-electron chi connectivity index (χ4n) is 3.75. The van der Waals surface area contributed by atoms with E-state index in [-0.39, 0.29) is 23.7 Å². The lowest BCUT2D eigenvalue weighted by molar-refractivity contribution is -0.134. The number of nitrogens with zero attached hydrogens (tertiary/aromatic N) is 5. The highest BCUT2D eigenvalue weighted by molar-refractivity contribution is 5.85. The first-order valence-electron chi connectivity index (χ1n) is 8.91. The zero-order valence-corrected chi connectivity index (χ0v) is 15.0. The number of benzene rings is 1. The standard InChI is InChI=1S/C19H21N5O2/c1-12-7-15-16(10-26-17(15)8-13(12)2)19(25)23-5-3-14(4-6-23)24-11-21-18(9-20)22-24/h7-8,11,14,16H,3-6,10H2,1-2H3. The first-order chi connectivity index (χ1) is 12.6. The maximum atomic E-state index is 13.0. The molecule has 3 heterocycles. The molecule has 2 aliphatic rings. The van der Waals surface area contributed by atoms with E-state index in [4.69, 9.17) is 10.00 Å². The Labute approximate surface area is 152 Å². The number of ether oxygens (including phenoxy) is 1. The molecule has 0 bridgehead atoms. The Kier molecular flexibility index (Phi) is 4.11. The number of nitriles is 1. The Bertz CT molecular complexity index is 890. The third kappa shape index (κ3) is 2.81. The second kappa shape index (κ2) is 6.45. The zero-order valence-electron chi connectivity index (χ0n) is 15.0. The molecule has 0 spiro atoms. The van der Waals surface area contributed by atoms with Crippen molar-refractivity contribution in [1.29, 1.82) is 5.26 Å². The summed E-state index contributed by atoms with van der Waals surface area (Å²) < 4.78 is 7.51. The molecule has 1 fully saturated rings. The van der Waals surface area contributed by atoms with Gasteiger partial charge in [-0.1, -0.05) is 6.07 Å². The summed E-state index contributed by atoms with van der Waals surface area (Å²) in [5.74, 6) is 0.959. The number of aromatic nitrogens is 3. The minimum absolute atomic E-state index is 0.141. The summed E-state index contributed by atoms with van der Waals surface area (Å²) >= 11 is 0. The van der Waals surface area contributed by atoms with Gasteiger partial charge in [-0.3, -0.25) is 4.79 Å². The van der Waals surface area contributed by atoms with Crippen molar-refractivity contribution in [1.82, 2.24) is 19.7 Å². The number of aryl methyl sites for hydroxylation is 2. The van der Waals surface area contributed by atoms with Gasteiger partial charge in [0.25, 0.3) is 5.82 Å². The van der Waals surface area contributed by atoms with E-state index < -0.39 is 0 Å². The summed E-state index contributed by atoms with van der Waals surface area (Å²) in [4.78, 5) is 18.9. The zero-order chi connectivity index (χ0) is 18.3. The van der Waals surface area contributed by atoms with Crippen molar-refractivity contribution >= 4 is 5.91 Å². The summed E-state index contributed by atoms with van der Waals surface area (Å²) in [6.07, 6.45) is 3.23. The minimum Gasteiger partial charge on any atom is -0.492 e. The molecule has 1 unspecified atom stereocenters. The lowest BCUT2D eigenvalue weighted by atomic mass is 9.94. The van der Waals surface area contributed by atoms with E-state index in [0.717, 1.165) is 24.2 Å². The van der Waals surface area contributed by atoms with Crippen LogP contribution in [0.1, 0.15) is 47.3 Å². The van der Waals surface area contributed by atoms with E-state index in [1.807, 2.05) is 17.0 Å². The molecule has 1 aromatic heterocycles. The van der Waals surface area contributed by atoms with E-state index >= 15 is 0 Å². The lowest BCUT2D eigenvalue weighted by Gasteiger charge is -2.33. The molecular formula is C19H21N5O2. The van der Waals surface area contributed by atoms with Gasteiger partial charge in [0.05, 0.1) is 6.04 Å². The van der Waals surface area contributed by atoms with Gasteiger partial charge in [0.15, 0.2) is 0 Å². The Morgan fingerprint density at radius 1 is 1.27 bits per heavy atom. The van der Waals surface area contributed by atoms with E-state index in [0.29, 0.717) is 19.7 Å². The van der Waals surface area contributed by atoms with Crippen LogP contribution in [0.4, 0.5) is 0 Å². The van der Waals surface area contributed by atoms with Crippen LogP contribution in [0.3, 0.4) is 0 Å². The molecule has 1 atom stereocenters. The largest absolute Gasteiger partial charge is 0.492 e. The van der Waals surface area contributed by atoms with Crippen LogP contribution >= 0.6 is 0 Å². The van der Waals surface area contributed by atoms with E-state index in [1.165, 1.54) is 11.1 Å². The Balaban J connectivity index is 1.44. The maximum absolute atomic E-state index is 13.0. The molecule has 2 aliphatic heterocycles. The number of hydrogen-bond acceptors (Lipinski definition) is 5. The first-order valence-corrected chi connectivity index (χ1v) is 8.91. The summed E-state index contributed by atoms with van der Waals surface area (Å²) in [6, 6.07) is 6.25. The van der Waals surface area contributed by atoms with Crippen LogP contribution in [0.25, 0.3) is 0 Å². The molecule has 0 radical (unpaired) electrons. The molecule has 0 aliphatic carbocycles. The fraction of sp³-hybridized carbons (Fsp3) is 0.474. The van der Waals surface area contributed by atoms with Crippen LogP contribution in [0.5, 0.6) is 5.75 Å². The third-order valence-electron chi connectivity index (χ3n) is 5.46. The third-order valence-corrected chi connectivity index (χ3v) is 5.46. The molecule has 26 heavy (non-hydrogen) atoms. The highest BCUT2D eigenvalue weighted by atomic mass is 16.5. The molecule has 1 amide bonds. The minimum atomic E-state index is -0.211. The predicted octanol–water partition coefficient (Wildman–Crippen LogP) is 2.11. The van der Waals surface area contributed by atoms with Gasteiger partial charge in [0.2, 0.25) is 5.91 Å². The highest BCUT2D eigenvalue weighted by Crippen LogP contribution is 2.37. The molecule has 1 saturated heterocycles. The molecule has 0 saturated carbocycles. The van der Waals surface area contributed by atoms with Gasteiger partial charge in [0, 0.05) is 18.7 Å². The van der Waals surface area contributed by atoms with Gasteiger partial charge in [-0.2, -0.15) is 5.26 Å². The van der Waals surface area contributed by atoms with Gasteiger partial charge < -0.3 is 9.64 Å². The second-order valence-corrected chi connectivity index (χ2v) is 7.05. The number of carbonyl (C=O) groups is 1.